The molecule has 33 heavy (non-hydrogen) atoms. The van der Waals surface area contributed by atoms with E-state index in [4.69, 9.17) is 9.84 Å². The fourth-order valence-corrected chi connectivity index (χ4v) is 4.94. The van der Waals surface area contributed by atoms with Gasteiger partial charge < -0.3 is 20.1 Å². The molecule has 2 aliphatic carbocycles. The van der Waals surface area contributed by atoms with E-state index in [1.807, 2.05) is 24.3 Å². The first kappa shape index (κ1) is 21.2. The largest absolute Gasteiger partial charge is 0.478 e. The number of carboxylic acid groups (broad SMARTS) is 1. The van der Waals surface area contributed by atoms with E-state index in [2.05, 4.69) is 29.6 Å². The number of carbonyl (C=O) groups is 3. The van der Waals surface area contributed by atoms with Crippen LogP contribution in [0.1, 0.15) is 29.9 Å². The number of nitrogens with one attached hydrogen (secondary N) is 1. The molecule has 2 amide bonds. The third-order valence-corrected chi connectivity index (χ3v) is 6.89. The minimum absolute atomic E-state index is 0.0150. The van der Waals surface area contributed by atoms with Crippen LogP contribution in [0, 0.1) is 11.8 Å². The number of hydrogen-bond donors (Lipinski definition) is 2. The molecule has 0 bridgehead atoms. The monoisotopic (exact) mass is 446 g/mol. The van der Waals surface area contributed by atoms with Crippen molar-refractivity contribution in [1.29, 1.82) is 0 Å². The molecule has 0 unspecified atom stereocenters. The molecule has 2 atom stereocenters. The second-order valence-corrected chi connectivity index (χ2v) is 8.88. The highest BCUT2D eigenvalue weighted by Crippen LogP contribution is 2.44. The maximum atomic E-state index is 12.6. The number of benzene rings is 2. The lowest BCUT2D eigenvalue weighted by Crippen LogP contribution is -2.37. The molecule has 1 heterocycles. The number of aliphatic carboxylic acids is 1. The number of nitrogens with zero attached hydrogens (tertiary/aromatic N) is 1. The quantitative estimate of drug-likeness (QED) is 0.709. The molecule has 0 radical (unpaired) electrons. The van der Waals surface area contributed by atoms with Crippen molar-refractivity contribution in [2.45, 2.75) is 18.8 Å². The minimum Gasteiger partial charge on any atom is -0.478 e. The highest BCUT2D eigenvalue weighted by molar-refractivity contribution is 5.88. The normalized spacial score (nSPS) is 21.0. The summed E-state index contributed by atoms with van der Waals surface area (Å²) in [7, 11) is 0. The molecule has 1 fully saturated rings. The molecular formula is C26H26N2O5. The number of alkyl carbamates (subject to hydrolysis) is 1. The number of carboxylic acids is 1. The molecule has 2 aromatic rings. The van der Waals surface area contributed by atoms with Gasteiger partial charge in [0.1, 0.15) is 6.61 Å². The van der Waals surface area contributed by atoms with Crippen LogP contribution < -0.4 is 5.32 Å². The zero-order valence-electron chi connectivity index (χ0n) is 18.2. The van der Waals surface area contributed by atoms with Gasteiger partial charge in [-0.25, -0.2) is 9.59 Å². The molecule has 3 aliphatic rings. The van der Waals surface area contributed by atoms with Crippen LogP contribution >= 0.6 is 0 Å². The van der Waals surface area contributed by atoms with Crippen molar-refractivity contribution in [3.05, 3.63) is 71.3 Å². The van der Waals surface area contributed by atoms with E-state index in [1.54, 1.807) is 11.0 Å². The molecule has 0 aromatic heterocycles. The van der Waals surface area contributed by atoms with Crippen LogP contribution in [-0.2, 0) is 14.3 Å². The Balaban J connectivity index is 1.10. The fourth-order valence-electron chi connectivity index (χ4n) is 4.94. The second-order valence-electron chi connectivity index (χ2n) is 8.88. The van der Waals surface area contributed by atoms with Gasteiger partial charge in [0.2, 0.25) is 5.91 Å². The van der Waals surface area contributed by atoms with Crippen LogP contribution in [0.4, 0.5) is 4.79 Å². The second kappa shape index (κ2) is 8.73. The highest BCUT2D eigenvalue weighted by atomic mass is 16.5. The number of ether oxygens (including phenoxy) is 1. The molecule has 2 aromatic carbocycles. The minimum atomic E-state index is -0.918. The van der Waals surface area contributed by atoms with E-state index in [1.165, 1.54) is 22.3 Å². The first-order valence-corrected chi connectivity index (χ1v) is 11.3. The molecule has 0 saturated heterocycles. The van der Waals surface area contributed by atoms with E-state index in [0.717, 1.165) is 6.42 Å². The lowest BCUT2D eigenvalue weighted by molar-refractivity contribution is -0.135. The van der Waals surface area contributed by atoms with Gasteiger partial charge in [-0.1, -0.05) is 54.6 Å². The fraction of sp³-hybridized carbons (Fsp3) is 0.346. The third kappa shape index (κ3) is 4.23. The topological polar surface area (TPSA) is 95.9 Å². The Morgan fingerprint density at radius 2 is 1.70 bits per heavy atom. The first-order chi connectivity index (χ1) is 16.0. The van der Waals surface area contributed by atoms with Crippen LogP contribution in [0.3, 0.4) is 0 Å². The van der Waals surface area contributed by atoms with Crippen molar-refractivity contribution in [3.8, 4) is 11.1 Å². The Morgan fingerprint density at radius 1 is 1.03 bits per heavy atom. The van der Waals surface area contributed by atoms with Crippen LogP contribution in [-0.4, -0.2) is 54.2 Å². The molecule has 1 saturated carbocycles. The maximum Gasteiger partial charge on any atom is 0.407 e. The molecule has 7 heteroatoms. The summed E-state index contributed by atoms with van der Waals surface area (Å²) in [6.07, 6.45) is 2.24. The van der Waals surface area contributed by atoms with E-state index in [9.17, 15) is 14.4 Å². The van der Waals surface area contributed by atoms with Crippen molar-refractivity contribution in [2.75, 3.05) is 26.2 Å². The Hall–Kier alpha value is -3.61. The van der Waals surface area contributed by atoms with Gasteiger partial charge >= 0.3 is 12.1 Å². The predicted octanol–water partition coefficient (Wildman–Crippen LogP) is 3.40. The summed E-state index contributed by atoms with van der Waals surface area (Å²) in [6, 6.07) is 16.4. The third-order valence-electron chi connectivity index (χ3n) is 6.89. The van der Waals surface area contributed by atoms with Gasteiger partial charge in [-0.15, -0.1) is 0 Å². The van der Waals surface area contributed by atoms with Gasteiger partial charge in [-0.2, -0.15) is 0 Å². The van der Waals surface area contributed by atoms with Crippen LogP contribution in [0.2, 0.25) is 0 Å². The highest BCUT2D eigenvalue weighted by Gasteiger charge is 2.45. The van der Waals surface area contributed by atoms with E-state index >= 15 is 0 Å². The van der Waals surface area contributed by atoms with Gasteiger partial charge in [0.05, 0.1) is 0 Å². The van der Waals surface area contributed by atoms with E-state index in [0.29, 0.717) is 31.6 Å². The van der Waals surface area contributed by atoms with Gasteiger partial charge in [0, 0.05) is 37.0 Å². The maximum absolute atomic E-state index is 12.6. The molecule has 5 rings (SSSR count). The summed E-state index contributed by atoms with van der Waals surface area (Å²) in [6.45, 7) is 1.43. The van der Waals surface area contributed by atoms with Crippen molar-refractivity contribution in [3.63, 3.8) is 0 Å². The predicted molar refractivity (Wildman–Crippen MR) is 122 cm³/mol. The number of carbonyl (C=O) groups excluding carboxylic acids is 2. The number of fused-ring (bicyclic) bond motifs is 3. The van der Waals surface area contributed by atoms with Gasteiger partial charge in [0.25, 0.3) is 0 Å². The zero-order chi connectivity index (χ0) is 22.9. The van der Waals surface area contributed by atoms with Gasteiger partial charge in [-0.05, 0) is 41.0 Å². The van der Waals surface area contributed by atoms with Crippen molar-refractivity contribution in [1.82, 2.24) is 10.2 Å². The molecule has 1 aliphatic heterocycles. The zero-order valence-corrected chi connectivity index (χ0v) is 18.2. The SMILES string of the molecule is O=C(NC[C@@H]1C[C@@H]1C(=O)N1CC=C(C(=O)O)CC1)OCC1c2ccccc2-c2ccccc21. The summed E-state index contributed by atoms with van der Waals surface area (Å²) >= 11 is 0. The molecule has 7 nitrogen and oxygen atoms in total. The van der Waals surface area contributed by atoms with Gasteiger partial charge in [-0.3, -0.25) is 4.79 Å². The summed E-state index contributed by atoms with van der Waals surface area (Å²) in [5.41, 5.74) is 5.07. The van der Waals surface area contributed by atoms with Crippen LogP contribution in [0.25, 0.3) is 11.1 Å². The smallest absolute Gasteiger partial charge is 0.407 e. The average Bonchev–Trinajstić information content (AvgIpc) is 3.56. The lowest BCUT2D eigenvalue weighted by atomic mass is 9.98. The Labute approximate surface area is 192 Å². The van der Waals surface area contributed by atoms with Crippen LogP contribution in [0.15, 0.2) is 60.2 Å². The average molecular weight is 447 g/mol. The van der Waals surface area contributed by atoms with Crippen molar-refractivity contribution >= 4 is 18.0 Å². The van der Waals surface area contributed by atoms with Crippen molar-refractivity contribution < 1.29 is 24.2 Å². The van der Waals surface area contributed by atoms with Gasteiger partial charge in [0.15, 0.2) is 0 Å². The van der Waals surface area contributed by atoms with E-state index < -0.39 is 12.1 Å². The molecule has 170 valence electrons. The standard InChI is InChI=1S/C26H26N2O5/c29-24(28-11-9-16(10-12-28)25(30)31)22-13-17(22)14-27-26(32)33-15-23-20-7-3-1-5-18(20)19-6-2-4-8-21(19)23/h1-9,17,22-23H,10-15H2,(H,27,32)(H,30,31)/t17-,22-/m0/s1. The molecule has 2 N–H and O–H groups in total. The summed E-state index contributed by atoms with van der Waals surface area (Å²) < 4.78 is 5.56. The Kier molecular flexibility index (Phi) is 5.62. The Bertz CT molecular complexity index is 1100. The Morgan fingerprint density at radius 3 is 2.30 bits per heavy atom. The number of rotatable bonds is 6. The van der Waals surface area contributed by atoms with Crippen molar-refractivity contribution in [2.24, 2.45) is 11.8 Å². The summed E-state index contributed by atoms with van der Waals surface area (Å²) in [4.78, 5) is 37.7. The summed E-state index contributed by atoms with van der Waals surface area (Å²) in [5.74, 6) is -0.878. The lowest BCUT2D eigenvalue weighted by Gasteiger charge is -2.25. The summed E-state index contributed by atoms with van der Waals surface area (Å²) in [5, 5.41) is 11.8. The molecule has 0 spiro atoms. The molecular weight excluding hydrogens is 420 g/mol. The first-order valence-electron chi connectivity index (χ1n) is 11.3. The number of amides is 2. The van der Waals surface area contributed by atoms with Crippen LogP contribution in [0.5, 0.6) is 0 Å². The number of hydrogen-bond acceptors (Lipinski definition) is 4. The van der Waals surface area contributed by atoms with E-state index in [-0.39, 0.29) is 30.3 Å².